The average Bonchev–Trinajstić information content (AvgIpc) is 2.21. The summed E-state index contributed by atoms with van der Waals surface area (Å²) in [6.07, 6.45) is 10.3. The Morgan fingerprint density at radius 2 is 1.71 bits per heavy atom. The van der Waals surface area contributed by atoms with E-state index in [1.807, 2.05) is 0 Å². The van der Waals surface area contributed by atoms with Gasteiger partial charge in [-0.25, -0.2) is 0 Å². The predicted octanol–water partition coefficient (Wildman–Crippen LogP) is 3.04. The highest BCUT2D eigenvalue weighted by Gasteiger charge is 1.93. The molecule has 0 spiro atoms. The van der Waals surface area contributed by atoms with Crippen LogP contribution >= 0.6 is 0 Å². The summed E-state index contributed by atoms with van der Waals surface area (Å²) in [5.41, 5.74) is 0. The second-order valence-electron chi connectivity index (χ2n) is 3.62. The highest BCUT2D eigenvalue weighted by Crippen LogP contribution is 2.06. The fraction of sp³-hybridized carbons (Fsp3) is 0.750. The molecule has 14 heavy (non-hydrogen) atoms. The predicted molar refractivity (Wildman–Crippen MR) is 61.2 cm³/mol. The third-order valence-electron chi connectivity index (χ3n) is 2.26. The molecule has 0 aromatic heterocycles. The van der Waals surface area contributed by atoms with Crippen molar-refractivity contribution < 1.29 is 4.79 Å². The Kier molecular flexibility index (Phi) is 9.71. The van der Waals surface area contributed by atoms with Gasteiger partial charge in [0.05, 0.1) is 0 Å². The lowest BCUT2D eigenvalue weighted by molar-refractivity contribution is -0.116. The van der Waals surface area contributed by atoms with Crippen LogP contribution in [0.2, 0.25) is 0 Å². The highest BCUT2D eigenvalue weighted by molar-refractivity contribution is 5.86. The number of nitrogens with one attached hydrogen (secondary N) is 1. The van der Waals surface area contributed by atoms with Crippen LogP contribution in [0.25, 0.3) is 0 Å². The standard InChI is InChI=1S/C12H23NO/c1-3-5-6-7-8-9-10-11-13-12(14)4-2/h4H,2-3,5-11H2,1H3,(H,13,14). The Morgan fingerprint density at radius 3 is 2.29 bits per heavy atom. The lowest BCUT2D eigenvalue weighted by Crippen LogP contribution is -2.21. The van der Waals surface area contributed by atoms with E-state index < -0.39 is 0 Å². The van der Waals surface area contributed by atoms with Crippen molar-refractivity contribution >= 4 is 5.91 Å². The van der Waals surface area contributed by atoms with Gasteiger partial charge in [0.2, 0.25) is 5.91 Å². The summed E-state index contributed by atoms with van der Waals surface area (Å²) in [5.74, 6) is -0.0593. The van der Waals surface area contributed by atoms with E-state index in [-0.39, 0.29) is 5.91 Å². The van der Waals surface area contributed by atoms with E-state index in [0.717, 1.165) is 13.0 Å². The molecule has 0 radical (unpaired) electrons. The lowest BCUT2D eigenvalue weighted by atomic mass is 10.1. The number of carbonyl (C=O) groups excluding carboxylic acids is 1. The second kappa shape index (κ2) is 10.3. The minimum Gasteiger partial charge on any atom is -0.353 e. The Morgan fingerprint density at radius 1 is 1.14 bits per heavy atom. The van der Waals surface area contributed by atoms with E-state index in [9.17, 15) is 4.79 Å². The molecular formula is C12H23NO. The molecule has 0 aliphatic rings. The van der Waals surface area contributed by atoms with Gasteiger partial charge in [-0.05, 0) is 12.5 Å². The molecule has 0 bridgehead atoms. The van der Waals surface area contributed by atoms with Gasteiger partial charge in [0.25, 0.3) is 0 Å². The van der Waals surface area contributed by atoms with Crippen LogP contribution in [-0.4, -0.2) is 12.5 Å². The number of hydrogen-bond acceptors (Lipinski definition) is 1. The van der Waals surface area contributed by atoms with E-state index in [4.69, 9.17) is 0 Å². The Hall–Kier alpha value is -0.790. The number of carbonyl (C=O) groups is 1. The van der Waals surface area contributed by atoms with Crippen LogP contribution in [-0.2, 0) is 4.79 Å². The minimum absolute atomic E-state index is 0.0593. The quantitative estimate of drug-likeness (QED) is 0.447. The van der Waals surface area contributed by atoms with Gasteiger partial charge in [-0.15, -0.1) is 0 Å². The fourth-order valence-corrected chi connectivity index (χ4v) is 1.37. The molecule has 1 amide bonds. The van der Waals surface area contributed by atoms with Gasteiger partial charge in [0.1, 0.15) is 0 Å². The van der Waals surface area contributed by atoms with E-state index in [1.165, 1.54) is 44.6 Å². The molecule has 0 aliphatic heterocycles. The molecule has 0 atom stereocenters. The van der Waals surface area contributed by atoms with Crippen LogP contribution < -0.4 is 5.32 Å². The van der Waals surface area contributed by atoms with Crippen LogP contribution in [0.15, 0.2) is 12.7 Å². The van der Waals surface area contributed by atoms with E-state index in [0.29, 0.717) is 0 Å². The molecule has 82 valence electrons. The summed E-state index contributed by atoms with van der Waals surface area (Å²) in [5, 5.41) is 2.78. The van der Waals surface area contributed by atoms with Crippen molar-refractivity contribution in [2.75, 3.05) is 6.54 Å². The Balaban J connectivity index is 2.99. The summed E-state index contributed by atoms with van der Waals surface area (Å²) < 4.78 is 0. The maximum Gasteiger partial charge on any atom is 0.243 e. The maximum atomic E-state index is 10.8. The van der Waals surface area contributed by atoms with E-state index in [2.05, 4.69) is 18.8 Å². The minimum atomic E-state index is -0.0593. The van der Waals surface area contributed by atoms with E-state index in [1.54, 1.807) is 0 Å². The zero-order valence-corrected chi connectivity index (χ0v) is 9.35. The van der Waals surface area contributed by atoms with Crippen molar-refractivity contribution in [1.29, 1.82) is 0 Å². The summed E-state index contributed by atoms with van der Waals surface area (Å²) in [6, 6.07) is 0. The third kappa shape index (κ3) is 9.30. The molecule has 2 nitrogen and oxygen atoms in total. The number of amides is 1. The van der Waals surface area contributed by atoms with Gasteiger partial charge < -0.3 is 5.32 Å². The fourth-order valence-electron chi connectivity index (χ4n) is 1.37. The largest absolute Gasteiger partial charge is 0.353 e. The molecule has 0 saturated heterocycles. The smallest absolute Gasteiger partial charge is 0.243 e. The molecule has 0 rings (SSSR count). The van der Waals surface area contributed by atoms with Crippen LogP contribution in [0.3, 0.4) is 0 Å². The number of unbranched alkanes of at least 4 members (excludes halogenated alkanes) is 6. The topological polar surface area (TPSA) is 29.1 Å². The van der Waals surface area contributed by atoms with Gasteiger partial charge in [-0.2, -0.15) is 0 Å². The van der Waals surface area contributed by atoms with Crippen LogP contribution in [0.1, 0.15) is 51.9 Å². The van der Waals surface area contributed by atoms with Crippen LogP contribution in [0, 0.1) is 0 Å². The Bertz CT molecular complexity index is 154. The third-order valence-corrected chi connectivity index (χ3v) is 2.26. The molecule has 1 N–H and O–H groups in total. The zero-order valence-electron chi connectivity index (χ0n) is 9.35. The van der Waals surface area contributed by atoms with Gasteiger partial charge in [-0.1, -0.05) is 52.0 Å². The summed E-state index contributed by atoms with van der Waals surface area (Å²) in [7, 11) is 0. The van der Waals surface area contributed by atoms with Gasteiger partial charge >= 0.3 is 0 Å². The molecular weight excluding hydrogens is 174 g/mol. The molecule has 2 heteroatoms. The van der Waals surface area contributed by atoms with Crippen molar-refractivity contribution in [1.82, 2.24) is 5.32 Å². The van der Waals surface area contributed by atoms with Crippen LogP contribution in [0.5, 0.6) is 0 Å². The molecule has 0 unspecified atom stereocenters. The number of hydrogen-bond donors (Lipinski definition) is 1. The molecule has 0 fully saturated rings. The summed E-state index contributed by atoms with van der Waals surface area (Å²) in [6.45, 7) is 6.41. The first-order chi connectivity index (χ1) is 6.81. The Labute approximate surface area is 87.8 Å². The first kappa shape index (κ1) is 13.2. The zero-order chi connectivity index (χ0) is 10.6. The maximum absolute atomic E-state index is 10.8. The average molecular weight is 197 g/mol. The van der Waals surface area contributed by atoms with Crippen LogP contribution in [0.4, 0.5) is 0 Å². The first-order valence-electron chi connectivity index (χ1n) is 5.71. The van der Waals surface area contributed by atoms with Crippen molar-refractivity contribution in [3.63, 3.8) is 0 Å². The molecule has 0 aromatic rings. The van der Waals surface area contributed by atoms with Crippen molar-refractivity contribution in [2.24, 2.45) is 0 Å². The van der Waals surface area contributed by atoms with Gasteiger partial charge in [0, 0.05) is 6.54 Å². The molecule has 0 heterocycles. The highest BCUT2D eigenvalue weighted by atomic mass is 16.1. The van der Waals surface area contributed by atoms with Crippen molar-refractivity contribution in [2.45, 2.75) is 51.9 Å². The SMILES string of the molecule is C=CC(=O)NCCCCCCCCC. The second-order valence-corrected chi connectivity index (χ2v) is 3.62. The monoisotopic (exact) mass is 197 g/mol. The molecule has 0 aliphatic carbocycles. The number of rotatable bonds is 9. The summed E-state index contributed by atoms with van der Waals surface area (Å²) in [4.78, 5) is 10.8. The lowest BCUT2D eigenvalue weighted by Gasteiger charge is -2.02. The molecule has 0 saturated carbocycles. The van der Waals surface area contributed by atoms with Gasteiger partial charge in [0.15, 0.2) is 0 Å². The van der Waals surface area contributed by atoms with Crippen molar-refractivity contribution in [3.8, 4) is 0 Å². The normalized spacial score (nSPS) is 9.79. The molecule has 0 aromatic carbocycles. The summed E-state index contributed by atoms with van der Waals surface area (Å²) >= 11 is 0. The van der Waals surface area contributed by atoms with Gasteiger partial charge in [-0.3, -0.25) is 4.79 Å². The first-order valence-corrected chi connectivity index (χ1v) is 5.71. The van der Waals surface area contributed by atoms with Crippen molar-refractivity contribution in [3.05, 3.63) is 12.7 Å². The van der Waals surface area contributed by atoms with E-state index >= 15 is 0 Å².